The molecule has 25 heavy (non-hydrogen) atoms. The Morgan fingerprint density at radius 2 is 1.36 bits per heavy atom. The average Bonchev–Trinajstić information content (AvgIpc) is 2.63. The lowest BCUT2D eigenvalue weighted by atomic mass is 10.2. The molecule has 0 radical (unpaired) electrons. The number of rotatable bonds is 5. The molecule has 0 aliphatic rings. The van der Waals surface area contributed by atoms with Gasteiger partial charge in [0.15, 0.2) is 0 Å². The predicted molar refractivity (Wildman–Crippen MR) is 100 cm³/mol. The quantitative estimate of drug-likeness (QED) is 0.640. The van der Waals surface area contributed by atoms with Crippen LogP contribution in [-0.2, 0) is 10.0 Å². The summed E-state index contributed by atoms with van der Waals surface area (Å²) in [7, 11) is -2.25. The summed E-state index contributed by atoms with van der Waals surface area (Å²) in [6, 6.07) is 21.9. The highest BCUT2D eigenvalue weighted by atomic mass is 35.5. The van der Waals surface area contributed by atoms with Crippen LogP contribution in [0, 0.1) is 0 Å². The number of nitrogens with zero attached hydrogens (tertiary/aromatic N) is 1. The van der Waals surface area contributed by atoms with Crippen LogP contribution in [0.4, 0.5) is 11.4 Å². The second kappa shape index (κ2) is 7.17. The summed E-state index contributed by atoms with van der Waals surface area (Å²) in [6.45, 7) is 0. The van der Waals surface area contributed by atoms with Gasteiger partial charge in [-0.1, -0.05) is 29.8 Å². The molecule has 3 aromatic carbocycles. The highest BCUT2D eigenvalue weighted by molar-refractivity contribution is 7.93. The first-order valence-corrected chi connectivity index (χ1v) is 9.34. The summed E-state index contributed by atoms with van der Waals surface area (Å²) in [4.78, 5) is 0.163. The molecule has 0 N–H and O–H groups in total. The molecular weight excluding hydrogens is 358 g/mol. The number of sulfonamides is 1. The molecule has 0 heterocycles. The first-order valence-electron chi connectivity index (χ1n) is 7.52. The van der Waals surface area contributed by atoms with E-state index in [0.717, 1.165) is 0 Å². The van der Waals surface area contributed by atoms with E-state index in [1.807, 2.05) is 6.07 Å². The number of para-hydroxylation sites is 1. The second-order valence-corrected chi connectivity index (χ2v) is 7.48. The number of anilines is 2. The van der Waals surface area contributed by atoms with E-state index in [9.17, 15) is 8.42 Å². The smallest absolute Gasteiger partial charge is 0.268 e. The number of benzene rings is 3. The lowest BCUT2D eigenvalue weighted by Gasteiger charge is -2.25. The minimum atomic E-state index is -3.81. The Morgan fingerprint density at radius 3 is 1.92 bits per heavy atom. The molecule has 0 aromatic heterocycles. The Bertz CT molecular complexity index is 940. The van der Waals surface area contributed by atoms with Crippen molar-refractivity contribution >= 4 is 33.0 Å². The summed E-state index contributed by atoms with van der Waals surface area (Å²) >= 11 is 5.89. The maximum atomic E-state index is 13.3. The van der Waals surface area contributed by atoms with Gasteiger partial charge < -0.3 is 4.74 Å². The highest BCUT2D eigenvalue weighted by Gasteiger charge is 2.26. The Labute approximate surface area is 152 Å². The van der Waals surface area contributed by atoms with Crippen LogP contribution in [-0.4, -0.2) is 15.5 Å². The molecule has 0 saturated carbocycles. The first kappa shape index (κ1) is 17.3. The summed E-state index contributed by atoms with van der Waals surface area (Å²) < 4.78 is 33.0. The zero-order valence-corrected chi connectivity index (χ0v) is 15.0. The maximum absolute atomic E-state index is 13.3. The van der Waals surface area contributed by atoms with Crippen molar-refractivity contribution in [3.8, 4) is 5.75 Å². The maximum Gasteiger partial charge on any atom is 0.268 e. The van der Waals surface area contributed by atoms with Crippen LogP contribution >= 0.6 is 11.6 Å². The Hall–Kier alpha value is -2.50. The van der Waals surface area contributed by atoms with Gasteiger partial charge >= 0.3 is 0 Å². The van der Waals surface area contributed by atoms with Crippen molar-refractivity contribution in [2.45, 2.75) is 4.90 Å². The Kier molecular flexibility index (Phi) is 4.97. The monoisotopic (exact) mass is 373 g/mol. The normalized spacial score (nSPS) is 11.1. The average molecular weight is 374 g/mol. The molecule has 4 nitrogen and oxygen atoms in total. The summed E-state index contributed by atoms with van der Waals surface area (Å²) in [6.07, 6.45) is 0. The zero-order chi connectivity index (χ0) is 17.9. The van der Waals surface area contributed by atoms with Gasteiger partial charge in [-0.15, -0.1) is 0 Å². The Balaban J connectivity index is 2.15. The van der Waals surface area contributed by atoms with E-state index in [2.05, 4.69) is 0 Å². The van der Waals surface area contributed by atoms with Crippen molar-refractivity contribution in [1.29, 1.82) is 0 Å². The molecule has 0 aliphatic carbocycles. The Morgan fingerprint density at radius 1 is 0.800 bits per heavy atom. The molecule has 3 aromatic rings. The zero-order valence-electron chi connectivity index (χ0n) is 13.5. The summed E-state index contributed by atoms with van der Waals surface area (Å²) in [5.74, 6) is 0.653. The molecule has 3 rings (SSSR count). The molecule has 0 amide bonds. The minimum Gasteiger partial charge on any atom is -0.497 e. The fraction of sp³-hybridized carbons (Fsp3) is 0.0526. The third-order valence-corrected chi connectivity index (χ3v) is 5.67. The molecule has 0 atom stereocenters. The fourth-order valence-corrected chi connectivity index (χ4v) is 4.03. The third-order valence-electron chi connectivity index (χ3n) is 3.65. The van der Waals surface area contributed by atoms with Gasteiger partial charge in [0.25, 0.3) is 10.0 Å². The van der Waals surface area contributed by atoms with Gasteiger partial charge in [0.05, 0.1) is 23.4 Å². The molecule has 0 spiro atoms. The van der Waals surface area contributed by atoms with Gasteiger partial charge in [0.2, 0.25) is 0 Å². The van der Waals surface area contributed by atoms with E-state index >= 15 is 0 Å². The van der Waals surface area contributed by atoms with E-state index in [1.165, 1.54) is 16.4 Å². The van der Waals surface area contributed by atoms with E-state index in [0.29, 0.717) is 22.1 Å². The summed E-state index contributed by atoms with van der Waals surface area (Å²) in [5.41, 5.74) is 1.06. The standard InChI is InChI=1S/C19H16ClNO3S/c1-24-18-11-9-17(10-12-18)21(16-5-3-2-4-6-16)25(22,23)19-13-7-15(20)8-14-19/h2-14H,1H3. The number of hydrogen-bond acceptors (Lipinski definition) is 3. The minimum absolute atomic E-state index is 0.163. The van der Waals surface area contributed by atoms with Crippen LogP contribution in [0.3, 0.4) is 0 Å². The van der Waals surface area contributed by atoms with Crippen LogP contribution in [0.15, 0.2) is 83.8 Å². The first-order chi connectivity index (χ1) is 12.0. The van der Waals surface area contributed by atoms with Gasteiger partial charge in [-0.25, -0.2) is 12.7 Å². The second-order valence-electron chi connectivity index (χ2n) is 5.26. The third kappa shape index (κ3) is 3.62. The van der Waals surface area contributed by atoms with Crippen LogP contribution in [0.5, 0.6) is 5.75 Å². The molecule has 0 fully saturated rings. The number of hydrogen-bond donors (Lipinski definition) is 0. The molecule has 6 heteroatoms. The lowest BCUT2D eigenvalue weighted by Crippen LogP contribution is -2.26. The van der Waals surface area contributed by atoms with Crippen molar-refractivity contribution in [2.24, 2.45) is 0 Å². The largest absolute Gasteiger partial charge is 0.497 e. The van der Waals surface area contributed by atoms with Gasteiger partial charge in [0, 0.05) is 5.02 Å². The molecular formula is C19H16ClNO3S. The van der Waals surface area contributed by atoms with Crippen molar-refractivity contribution in [3.05, 3.63) is 83.9 Å². The molecule has 0 unspecified atom stereocenters. The predicted octanol–water partition coefficient (Wildman–Crippen LogP) is 4.88. The van der Waals surface area contributed by atoms with E-state index in [1.54, 1.807) is 67.8 Å². The number of methoxy groups -OCH3 is 1. The lowest BCUT2D eigenvalue weighted by molar-refractivity contribution is 0.415. The van der Waals surface area contributed by atoms with Crippen molar-refractivity contribution < 1.29 is 13.2 Å². The molecule has 0 saturated heterocycles. The topological polar surface area (TPSA) is 46.6 Å². The molecule has 0 aliphatic heterocycles. The van der Waals surface area contributed by atoms with Crippen molar-refractivity contribution in [1.82, 2.24) is 0 Å². The van der Waals surface area contributed by atoms with Crippen LogP contribution < -0.4 is 9.04 Å². The van der Waals surface area contributed by atoms with E-state index < -0.39 is 10.0 Å². The van der Waals surface area contributed by atoms with Crippen LogP contribution in [0.25, 0.3) is 0 Å². The van der Waals surface area contributed by atoms with Crippen LogP contribution in [0.1, 0.15) is 0 Å². The SMILES string of the molecule is COc1ccc(N(c2ccccc2)S(=O)(=O)c2ccc(Cl)cc2)cc1. The van der Waals surface area contributed by atoms with Gasteiger partial charge in [-0.05, 0) is 60.7 Å². The number of halogens is 1. The highest BCUT2D eigenvalue weighted by Crippen LogP contribution is 2.33. The van der Waals surface area contributed by atoms with Gasteiger partial charge in [-0.3, -0.25) is 0 Å². The van der Waals surface area contributed by atoms with E-state index in [-0.39, 0.29) is 4.90 Å². The summed E-state index contributed by atoms with van der Waals surface area (Å²) in [5, 5.41) is 0.481. The molecule has 128 valence electrons. The van der Waals surface area contributed by atoms with Crippen molar-refractivity contribution in [2.75, 3.05) is 11.4 Å². The number of ether oxygens (including phenoxy) is 1. The fourth-order valence-electron chi connectivity index (χ4n) is 2.42. The van der Waals surface area contributed by atoms with Gasteiger partial charge in [-0.2, -0.15) is 0 Å². The van der Waals surface area contributed by atoms with Crippen molar-refractivity contribution in [3.63, 3.8) is 0 Å². The van der Waals surface area contributed by atoms with E-state index in [4.69, 9.17) is 16.3 Å². The van der Waals surface area contributed by atoms with Gasteiger partial charge in [0.1, 0.15) is 5.75 Å². The molecule has 0 bridgehead atoms. The van der Waals surface area contributed by atoms with Crippen LogP contribution in [0.2, 0.25) is 5.02 Å².